The first kappa shape index (κ1) is 87.3. The monoisotopic (exact) mass is 1330 g/mol. The van der Waals surface area contributed by atoms with Crippen LogP contribution in [0.5, 0.6) is 0 Å². The first-order valence-electron chi connectivity index (χ1n) is 33.6. The van der Waals surface area contributed by atoms with Crippen molar-refractivity contribution in [2.24, 2.45) is 53.1 Å². The molecule has 0 radical (unpaired) electrons. The van der Waals surface area contributed by atoms with Gasteiger partial charge >= 0.3 is 5.97 Å². The molecule has 0 aromatic rings. The number of amides is 11. The van der Waals surface area contributed by atoms with Gasteiger partial charge in [-0.25, -0.2) is 0 Å². The Labute approximate surface area is 562 Å². The van der Waals surface area contributed by atoms with Gasteiger partial charge in [0.15, 0.2) is 0 Å². The summed E-state index contributed by atoms with van der Waals surface area (Å²) in [6, 6.07) is -13.0. The van der Waals surface area contributed by atoms with Crippen LogP contribution in [0.1, 0.15) is 176 Å². The van der Waals surface area contributed by atoms with Crippen molar-refractivity contribution in [3.63, 3.8) is 0 Å². The van der Waals surface area contributed by atoms with Gasteiger partial charge in [0.2, 0.25) is 65.0 Å². The van der Waals surface area contributed by atoms with Gasteiger partial charge in [-0.05, 0) is 113 Å². The number of carbonyl (C=O) groups excluding carboxylic acids is 11. The predicted molar refractivity (Wildman–Crippen MR) is 364 cm³/mol. The highest BCUT2D eigenvalue weighted by Gasteiger charge is 2.46. The molecule has 1 rings (SSSR count). The maximum atomic E-state index is 15.1. The van der Waals surface area contributed by atoms with Crippen LogP contribution in [-0.4, -0.2) is 244 Å². The summed E-state index contributed by atoms with van der Waals surface area (Å²) in [7, 11) is 9.92. The van der Waals surface area contributed by atoms with Crippen LogP contribution in [0.15, 0.2) is 12.2 Å². The second-order valence-corrected chi connectivity index (χ2v) is 28.7. The molecule has 1 aliphatic heterocycles. The third kappa shape index (κ3) is 26.5. The maximum Gasteiger partial charge on any atom is 0.320 e. The largest absolute Gasteiger partial charge is 0.480 e. The molecule has 94 heavy (non-hydrogen) atoms. The molecule has 1 heterocycles. The van der Waals surface area contributed by atoms with Gasteiger partial charge < -0.3 is 71.5 Å². The predicted octanol–water partition coefficient (Wildman–Crippen LogP) is 3.71. The molecule has 0 saturated carbocycles. The average Bonchev–Trinajstić information content (AvgIpc) is 0.808. The number of aliphatic carboxylic acids is 1. The Morgan fingerprint density at radius 2 is 0.915 bits per heavy atom. The summed E-state index contributed by atoms with van der Waals surface area (Å²) < 4.78 is 0. The van der Waals surface area contributed by atoms with E-state index in [0.29, 0.717) is 18.8 Å². The lowest BCUT2D eigenvalue weighted by molar-refractivity contribution is -0.157. The van der Waals surface area contributed by atoms with E-state index < -0.39 is 168 Å². The summed E-state index contributed by atoms with van der Waals surface area (Å²) >= 11 is 0. The number of rotatable bonds is 18. The lowest BCUT2D eigenvalue weighted by Crippen LogP contribution is -2.63. The van der Waals surface area contributed by atoms with E-state index in [1.807, 2.05) is 75.3 Å². The number of aliphatic hydroxyl groups excluding tert-OH is 1. The van der Waals surface area contributed by atoms with E-state index in [4.69, 9.17) is 10.8 Å². The van der Waals surface area contributed by atoms with Crippen LogP contribution in [0.25, 0.3) is 0 Å². The summed E-state index contributed by atoms with van der Waals surface area (Å²) in [6.45, 7) is 33.2. The Morgan fingerprint density at radius 3 is 1.33 bits per heavy atom. The summed E-state index contributed by atoms with van der Waals surface area (Å²) in [4.78, 5) is 179. The lowest BCUT2D eigenvalue weighted by atomic mass is 9.91. The number of aliphatic hydroxyl groups is 1. The van der Waals surface area contributed by atoms with Crippen LogP contribution in [0.3, 0.4) is 0 Å². The zero-order valence-electron chi connectivity index (χ0n) is 61.9. The molecule has 0 aliphatic carbocycles. The van der Waals surface area contributed by atoms with Crippen LogP contribution in [0, 0.1) is 47.3 Å². The standard InChI is InChI=1S/C62H111N11O12.C6H13NO2/c1-25-27-28-40(15)52(75)51-56(79)65-43(26-2)58(81)67(18)33-48(74)68(19)44(29-34(3)4)55(78)66-49(38(11)12)61(84)69(20)45(30-35(5)6)54(77)63-41(16)53(76)64-42(17)57(80)70(21)46(31-36(7)8)59(82)71(22)47(32-37(9)10)60(83)72(23)50(39(13)14)62(85)73(51)24;1-4(2)3-5(7)6(8)9/h25,27,34-47,49-52,75H,26,28-33H2,1-24H3,(H,63,77)(H,64,76)(H,65,79)(H,66,78);4-5H,3,7H2,1-2H3,(H,8,9)/b27-25+;/t40-,41+,42-,43+,44+,45+,46+,47+,49+,50+,51+,52-;/m1./s1. The van der Waals surface area contributed by atoms with Crippen LogP contribution in [0.2, 0.25) is 0 Å². The van der Waals surface area contributed by atoms with E-state index in [0.717, 1.165) is 9.80 Å². The number of allylic oxidation sites excluding steroid dienone is 2. The molecule has 1 unspecified atom stereocenters. The number of hydrogen-bond donors (Lipinski definition) is 7. The number of nitrogens with zero attached hydrogens (tertiary/aromatic N) is 7. The second-order valence-electron chi connectivity index (χ2n) is 28.7. The fourth-order valence-corrected chi connectivity index (χ4v) is 11.3. The second kappa shape index (κ2) is 40.6. The summed E-state index contributed by atoms with van der Waals surface area (Å²) in [5, 5.41) is 31.4. The quantitative estimate of drug-likeness (QED) is 0.0962. The molecule has 1 fully saturated rings. The van der Waals surface area contributed by atoms with Gasteiger partial charge in [0.25, 0.3) is 0 Å². The molecule has 0 bridgehead atoms. The van der Waals surface area contributed by atoms with Crippen molar-refractivity contribution in [1.82, 2.24) is 55.6 Å². The Balaban J connectivity index is 0.00000887. The average molecular weight is 1330 g/mol. The summed E-state index contributed by atoms with van der Waals surface area (Å²) in [6.07, 6.45) is 3.59. The zero-order valence-corrected chi connectivity index (χ0v) is 61.9. The zero-order chi connectivity index (χ0) is 73.4. The van der Waals surface area contributed by atoms with Gasteiger partial charge in [-0.3, -0.25) is 57.5 Å². The van der Waals surface area contributed by atoms with E-state index in [9.17, 15) is 53.1 Å². The van der Waals surface area contributed by atoms with Crippen molar-refractivity contribution in [2.45, 2.75) is 249 Å². The molecule has 11 amide bonds. The van der Waals surface area contributed by atoms with Crippen LogP contribution >= 0.6 is 0 Å². The van der Waals surface area contributed by atoms with Crippen molar-refractivity contribution in [3.05, 3.63) is 12.2 Å². The number of carboxylic acid groups (broad SMARTS) is 1. The van der Waals surface area contributed by atoms with Gasteiger partial charge in [-0.2, -0.15) is 0 Å². The van der Waals surface area contributed by atoms with E-state index >= 15 is 9.59 Å². The third-order valence-corrected chi connectivity index (χ3v) is 17.1. The van der Waals surface area contributed by atoms with E-state index in [2.05, 4.69) is 21.3 Å². The number of likely N-dealkylation sites (N-methyl/N-ethyl adjacent to an activating group) is 7. The Morgan fingerprint density at radius 1 is 0.500 bits per heavy atom. The Bertz CT molecular complexity index is 2560. The molecule has 26 heteroatoms. The minimum Gasteiger partial charge on any atom is -0.480 e. The molecule has 1 saturated heterocycles. The third-order valence-electron chi connectivity index (χ3n) is 17.1. The first-order chi connectivity index (χ1) is 43.2. The van der Waals surface area contributed by atoms with Gasteiger partial charge in [0.05, 0.1) is 12.6 Å². The highest BCUT2D eigenvalue weighted by atomic mass is 16.4. The van der Waals surface area contributed by atoms with E-state index in [-0.39, 0.29) is 55.8 Å². The Kier molecular flexibility index (Phi) is 37.7. The van der Waals surface area contributed by atoms with Crippen LogP contribution in [-0.2, 0) is 57.5 Å². The van der Waals surface area contributed by atoms with Gasteiger partial charge in [-0.15, -0.1) is 0 Å². The molecule has 26 nitrogen and oxygen atoms in total. The molecule has 0 aromatic heterocycles. The molecule has 0 spiro atoms. The highest BCUT2D eigenvalue weighted by molar-refractivity contribution is 5.99. The van der Waals surface area contributed by atoms with E-state index in [1.165, 1.54) is 87.7 Å². The normalized spacial score (nSPS) is 25.6. The van der Waals surface area contributed by atoms with Crippen molar-refractivity contribution >= 4 is 70.9 Å². The van der Waals surface area contributed by atoms with Gasteiger partial charge in [0, 0.05) is 49.3 Å². The van der Waals surface area contributed by atoms with Crippen molar-refractivity contribution in [2.75, 3.05) is 55.9 Å². The fourth-order valence-electron chi connectivity index (χ4n) is 11.3. The topological polar surface area (TPSA) is 342 Å². The number of nitrogens with two attached hydrogens (primary N) is 1. The molecular weight excluding hydrogens is 1210 g/mol. The maximum absolute atomic E-state index is 15.1. The summed E-state index contributed by atoms with van der Waals surface area (Å²) in [5.74, 6) is -10.3. The van der Waals surface area contributed by atoms with Crippen LogP contribution in [0.4, 0.5) is 0 Å². The minimum absolute atomic E-state index is 0.0229. The fraction of sp³-hybridized carbons (Fsp3) is 0.794. The first-order valence-corrected chi connectivity index (χ1v) is 33.6. The summed E-state index contributed by atoms with van der Waals surface area (Å²) in [5.41, 5.74) is 5.22. The number of carbonyl (C=O) groups is 12. The molecule has 13 atom stereocenters. The number of carboxylic acids is 1. The number of hydrogen-bond acceptors (Lipinski definition) is 14. The van der Waals surface area contributed by atoms with Crippen LogP contribution < -0.4 is 27.0 Å². The smallest absolute Gasteiger partial charge is 0.320 e. The SMILES string of the molecule is C/C=C/C[C@@H](C)[C@@H](O)[C@H]1C(=O)N[C@@H](CC)C(=O)N(C)CC(=O)N(C)[C@@H](CC(C)C)C(=O)N[C@@H](C(C)C)C(=O)N(C)[C@@H](CC(C)C)C(=O)N[C@@H](C)C(=O)N[C@H](C)C(=O)N(C)[C@@H](CC(C)C)C(=O)N(C)[C@@H](CC(C)C)C(=O)N(C)[C@@H](C(C)C)C(=O)N1C.CC(C)CC(N)C(=O)O. The van der Waals surface area contributed by atoms with E-state index in [1.54, 1.807) is 54.5 Å². The molecule has 540 valence electrons. The number of nitrogens with one attached hydrogen (secondary N) is 4. The highest BCUT2D eigenvalue weighted by Crippen LogP contribution is 2.26. The molecule has 1 aliphatic rings. The van der Waals surface area contributed by atoms with Crippen molar-refractivity contribution in [3.8, 4) is 0 Å². The molecular formula is C68H124N12O14. The Hall–Kier alpha value is -6.70. The molecule has 8 N–H and O–H groups in total. The van der Waals surface area contributed by atoms with Gasteiger partial charge in [-0.1, -0.05) is 123 Å². The lowest BCUT2D eigenvalue weighted by Gasteiger charge is -2.41. The minimum atomic E-state index is -1.61. The van der Waals surface area contributed by atoms with Gasteiger partial charge in [0.1, 0.15) is 66.5 Å². The van der Waals surface area contributed by atoms with Crippen molar-refractivity contribution in [1.29, 1.82) is 0 Å². The molecule has 0 aromatic carbocycles. The van der Waals surface area contributed by atoms with Crippen molar-refractivity contribution < 1.29 is 67.7 Å².